The van der Waals surface area contributed by atoms with Crippen molar-refractivity contribution in [1.82, 2.24) is 0 Å². The van der Waals surface area contributed by atoms with Gasteiger partial charge in [0.05, 0.1) is 13.2 Å². The third kappa shape index (κ3) is 59.9. The lowest BCUT2D eigenvalue weighted by Gasteiger charge is -2.19. The van der Waals surface area contributed by atoms with Gasteiger partial charge in [-0.15, -0.1) is 0 Å². The first-order valence-electron chi connectivity index (χ1n) is 30.9. The normalized spacial score (nSPS) is 13.8. The average Bonchev–Trinajstić information content (AvgIpc) is 3.41. The molecule has 3 N–H and O–H groups in total. The highest BCUT2D eigenvalue weighted by Gasteiger charge is 2.26. The third-order valence-electron chi connectivity index (χ3n) is 12.9. The van der Waals surface area contributed by atoms with Crippen molar-refractivity contribution in [2.45, 2.75) is 270 Å². The van der Waals surface area contributed by atoms with E-state index in [2.05, 4.69) is 123 Å². The fraction of sp³-hybridized carbons (Fsp3) is 0.697. The maximum absolute atomic E-state index is 12.7. The summed E-state index contributed by atoms with van der Waals surface area (Å²) in [6, 6.07) is 0. The number of hydrogen-bond donors (Lipinski definition) is 2. The number of allylic oxidation sites excluding steroid dienone is 18. The SMILES string of the molecule is CC/C=C\C/C=C\C/C=C\C/C=C\C/C=C\C/C=C\C/C=C\CCCCCCCCCCCCCCCCCCCC(=O)OC(COC(=O)CCCCCCC/C=C\C/C=C\CCCCCC)COP(=O)(O)OCCN. The highest BCUT2D eigenvalue weighted by molar-refractivity contribution is 7.47. The molecule has 10 heteroatoms. The fourth-order valence-corrected chi connectivity index (χ4v) is 9.12. The van der Waals surface area contributed by atoms with Crippen molar-refractivity contribution in [3.63, 3.8) is 0 Å². The molecule has 0 radical (unpaired) electrons. The van der Waals surface area contributed by atoms with E-state index in [9.17, 15) is 19.0 Å². The summed E-state index contributed by atoms with van der Waals surface area (Å²) in [6.07, 6.45) is 83.1. The summed E-state index contributed by atoms with van der Waals surface area (Å²) in [5.41, 5.74) is 5.38. The van der Waals surface area contributed by atoms with E-state index in [0.717, 1.165) is 103 Å². The van der Waals surface area contributed by atoms with E-state index in [1.807, 2.05) is 0 Å². The molecule has 0 heterocycles. The molecule has 0 saturated heterocycles. The van der Waals surface area contributed by atoms with Crippen LogP contribution in [0.2, 0.25) is 0 Å². The molecule has 0 aromatic heterocycles. The minimum absolute atomic E-state index is 0.0484. The first kappa shape index (κ1) is 72.7. The summed E-state index contributed by atoms with van der Waals surface area (Å²) in [7, 11) is -4.39. The van der Waals surface area contributed by atoms with Gasteiger partial charge < -0.3 is 20.1 Å². The molecule has 0 aromatic rings. The lowest BCUT2D eigenvalue weighted by Crippen LogP contribution is -2.29. The number of carbonyl (C=O) groups excluding carboxylic acids is 2. The van der Waals surface area contributed by atoms with E-state index in [0.29, 0.717) is 12.8 Å². The predicted molar refractivity (Wildman–Crippen MR) is 325 cm³/mol. The molecular weight excluding hydrogens is 966 g/mol. The zero-order valence-electron chi connectivity index (χ0n) is 48.7. The lowest BCUT2D eigenvalue weighted by molar-refractivity contribution is -0.161. The fourth-order valence-electron chi connectivity index (χ4n) is 8.35. The lowest BCUT2D eigenvalue weighted by atomic mass is 10.0. The third-order valence-corrected chi connectivity index (χ3v) is 13.9. The van der Waals surface area contributed by atoms with E-state index < -0.39 is 32.5 Å². The van der Waals surface area contributed by atoms with Crippen LogP contribution in [0.5, 0.6) is 0 Å². The molecule has 2 unspecified atom stereocenters. The van der Waals surface area contributed by atoms with Gasteiger partial charge >= 0.3 is 19.8 Å². The van der Waals surface area contributed by atoms with Crippen molar-refractivity contribution in [3.05, 3.63) is 109 Å². The molecular formula is C66H114NO8P. The van der Waals surface area contributed by atoms with E-state index >= 15 is 0 Å². The van der Waals surface area contributed by atoms with Crippen molar-refractivity contribution in [1.29, 1.82) is 0 Å². The number of rotatable bonds is 57. The Hall–Kier alpha value is -3.33. The van der Waals surface area contributed by atoms with Gasteiger partial charge in [0.25, 0.3) is 0 Å². The zero-order chi connectivity index (χ0) is 55.2. The molecule has 0 amide bonds. The average molecular weight is 1080 g/mol. The number of hydrogen-bond acceptors (Lipinski definition) is 8. The predicted octanol–water partition coefficient (Wildman–Crippen LogP) is 19.8. The smallest absolute Gasteiger partial charge is 0.462 e. The van der Waals surface area contributed by atoms with E-state index in [-0.39, 0.29) is 32.6 Å². The molecule has 0 aliphatic carbocycles. The van der Waals surface area contributed by atoms with E-state index in [1.54, 1.807) is 0 Å². The van der Waals surface area contributed by atoms with Gasteiger partial charge in [-0.25, -0.2) is 4.57 Å². The minimum atomic E-state index is -4.39. The molecule has 0 spiro atoms. The summed E-state index contributed by atoms with van der Waals surface area (Å²) < 4.78 is 33.0. The topological polar surface area (TPSA) is 134 Å². The van der Waals surface area contributed by atoms with Gasteiger partial charge in [-0.3, -0.25) is 18.6 Å². The quantitative estimate of drug-likeness (QED) is 0.0264. The van der Waals surface area contributed by atoms with Gasteiger partial charge in [0.15, 0.2) is 6.10 Å². The van der Waals surface area contributed by atoms with Crippen molar-refractivity contribution < 1.29 is 37.6 Å². The second kappa shape index (κ2) is 60.9. The molecule has 436 valence electrons. The molecule has 9 nitrogen and oxygen atoms in total. The van der Waals surface area contributed by atoms with Crippen LogP contribution in [0.25, 0.3) is 0 Å². The maximum atomic E-state index is 12.7. The summed E-state index contributed by atoms with van der Waals surface area (Å²) >= 11 is 0. The Morgan fingerprint density at radius 1 is 0.408 bits per heavy atom. The number of carbonyl (C=O) groups is 2. The van der Waals surface area contributed by atoms with Crippen LogP contribution < -0.4 is 5.73 Å². The second-order valence-electron chi connectivity index (χ2n) is 20.2. The van der Waals surface area contributed by atoms with Crippen LogP contribution in [-0.4, -0.2) is 49.3 Å². The summed E-state index contributed by atoms with van der Waals surface area (Å²) in [5, 5.41) is 0. The number of ether oxygens (including phenoxy) is 2. The highest BCUT2D eigenvalue weighted by Crippen LogP contribution is 2.43. The molecule has 0 saturated carbocycles. The number of unbranched alkanes of at least 4 members (excludes halogenated alkanes) is 26. The molecule has 0 bridgehead atoms. The molecule has 0 aliphatic rings. The summed E-state index contributed by atoms with van der Waals surface area (Å²) in [6.45, 7) is 3.60. The molecule has 0 aromatic carbocycles. The molecule has 0 rings (SSSR count). The van der Waals surface area contributed by atoms with Gasteiger partial charge in [0.2, 0.25) is 0 Å². The van der Waals surface area contributed by atoms with Crippen LogP contribution in [0, 0.1) is 0 Å². The largest absolute Gasteiger partial charge is 0.472 e. The number of phosphoric acid groups is 1. The van der Waals surface area contributed by atoms with Crippen LogP contribution in [-0.2, 0) is 32.7 Å². The Balaban J connectivity index is 3.88. The van der Waals surface area contributed by atoms with Crippen LogP contribution >= 0.6 is 7.82 Å². The second-order valence-corrected chi connectivity index (χ2v) is 21.6. The molecule has 76 heavy (non-hydrogen) atoms. The first-order valence-corrected chi connectivity index (χ1v) is 32.4. The van der Waals surface area contributed by atoms with Crippen molar-refractivity contribution in [2.75, 3.05) is 26.4 Å². The Kier molecular flexibility index (Phi) is 58.2. The summed E-state index contributed by atoms with van der Waals surface area (Å²) in [5.74, 6) is -0.841. The van der Waals surface area contributed by atoms with Crippen LogP contribution in [0.4, 0.5) is 0 Å². The Morgan fingerprint density at radius 2 is 0.724 bits per heavy atom. The maximum Gasteiger partial charge on any atom is 0.472 e. The highest BCUT2D eigenvalue weighted by atomic mass is 31.2. The van der Waals surface area contributed by atoms with Crippen molar-refractivity contribution >= 4 is 19.8 Å². The monoisotopic (exact) mass is 1080 g/mol. The van der Waals surface area contributed by atoms with Gasteiger partial charge in [0, 0.05) is 19.4 Å². The van der Waals surface area contributed by atoms with E-state index in [4.69, 9.17) is 24.3 Å². The van der Waals surface area contributed by atoms with Crippen molar-refractivity contribution in [3.8, 4) is 0 Å². The Bertz CT molecular complexity index is 1610. The number of esters is 2. The van der Waals surface area contributed by atoms with Gasteiger partial charge in [-0.1, -0.05) is 258 Å². The standard InChI is InChI=1S/C66H114NO8P/c1-3-5-7-9-11-13-15-17-19-21-22-23-24-25-26-27-28-29-30-31-32-33-34-35-36-37-38-39-40-41-42-43-45-47-49-51-53-55-57-59-66(69)75-64(63-74-76(70,71)73-61-60-67)62-72-65(68)58-56-54-52-50-48-46-44-20-18-16-14-12-10-8-6-4-2/h5,7,11,13-14,16-17,19-20,22-23,25-26,28-29,31-32,44,64H,3-4,6,8-10,12,15,18,21,24,27,30,33-43,45-63,67H2,1-2H3,(H,70,71)/b7-5-,13-11-,16-14-,19-17-,23-22-,26-25-,29-28-,32-31-,44-20-. The summed E-state index contributed by atoms with van der Waals surface area (Å²) in [4.78, 5) is 35.2. The van der Waals surface area contributed by atoms with Gasteiger partial charge in [-0.2, -0.15) is 0 Å². The van der Waals surface area contributed by atoms with E-state index in [1.165, 1.54) is 122 Å². The number of phosphoric ester groups is 1. The van der Waals surface area contributed by atoms with Crippen LogP contribution in [0.1, 0.15) is 264 Å². The van der Waals surface area contributed by atoms with Crippen LogP contribution in [0.15, 0.2) is 109 Å². The van der Waals surface area contributed by atoms with Crippen molar-refractivity contribution in [2.24, 2.45) is 5.73 Å². The van der Waals surface area contributed by atoms with Gasteiger partial charge in [0.1, 0.15) is 6.61 Å². The molecule has 0 fully saturated rings. The Labute approximate surface area is 467 Å². The Morgan fingerprint density at radius 3 is 1.08 bits per heavy atom. The first-order chi connectivity index (χ1) is 37.3. The van der Waals surface area contributed by atoms with Crippen LogP contribution in [0.3, 0.4) is 0 Å². The molecule has 0 aliphatic heterocycles. The molecule has 2 atom stereocenters. The van der Waals surface area contributed by atoms with Gasteiger partial charge in [-0.05, 0) is 103 Å². The number of nitrogens with two attached hydrogens (primary N) is 1. The zero-order valence-corrected chi connectivity index (χ0v) is 49.6. The minimum Gasteiger partial charge on any atom is -0.462 e.